The monoisotopic (exact) mass is 214 g/mol. The first-order valence-electron chi connectivity index (χ1n) is 4.34. The molecule has 78 valence electrons. The molecule has 16 heavy (non-hydrogen) atoms. The molecule has 0 bridgehead atoms. The van der Waals surface area contributed by atoms with Crippen molar-refractivity contribution in [2.75, 3.05) is 0 Å². The van der Waals surface area contributed by atoms with Crippen molar-refractivity contribution in [2.45, 2.75) is 0 Å². The fourth-order valence-electron chi connectivity index (χ4n) is 1.25. The fraction of sp³-hybridized carbons (Fsp3) is 0. The number of hydrogen-bond donors (Lipinski definition) is 1. The molecule has 0 aromatic carbocycles. The number of hydrogen-bond acceptors (Lipinski definition) is 4. The van der Waals surface area contributed by atoms with Crippen LogP contribution in [-0.2, 0) is 0 Å². The Morgan fingerprint density at radius 2 is 2.38 bits per heavy atom. The van der Waals surface area contributed by atoms with Crippen molar-refractivity contribution in [3.8, 4) is 11.8 Å². The van der Waals surface area contributed by atoms with Crippen LogP contribution in [-0.4, -0.2) is 25.6 Å². The predicted molar refractivity (Wildman–Crippen MR) is 53.0 cm³/mol. The SMILES string of the molecule is N#Cc1ccncc1-n1cnc(C(=O)O)c1. The average molecular weight is 214 g/mol. The first kappa shape index (κ1) is 9.86. The lowest BCUT2D eigenvalue weighted by atomic mass is 10.2. The largest absolute Gasteiger partial charge is 0.476 e. The third kappa shape index (κ3) is 1.62. The average Bonchev–Trinajstić information content (AvgIpc) is 2.78. The molecule has 6 heteroatoms. The molecule has 0 saturated heterocycles. The van der Waals surface area contributed by atoms with Crippen LogP contribution >= 0.6 is 0 Å². The van der Waals surface area contributed by atoms with Crippen molar-refractivity contribution in [3.05, 3.63) is 42.2 Å². The van der Waals surface area contributed by atoms with E-state index in [4.69, 9.17) is 10.4 Å². The maximum atomic E-state index is 10.6. The highest BCUT2D eigenvalue weighted by atomic mass is 16.4. The van der Waals surface area contributed by atoms with Gasteiger partial charge >= 0.3 is 5.97 Å². The zero-order valence-electron chi connectivity index (χ0n) is 8.03. The standard InChI is InChI=1S/C10H6N4O2/c11-3-7-1-2-12-4-9(7)14-5-8(10(15)16)13-6-14/h1-2,4-6H,(H,15,16). The van der Waals surface area contributed by atoms with E-state index in [1.165, 1.54) is 29.5 Å². The molecule has 0 radical (unpaired) electrons. The molecule has 1 N–H and O–H groups in total. The van der Waals surface area contributed by atoms with Crippen molar-refractivity contribution in [3.63, 3.8) is 0 Å². The van der Waals surface area contributed by atoms with E-state index in [-0.39, 0.29) is 5.69 Å². The summed E-state index contributed by atoms with van der Waals surface area (Å²) in [6.07, 6.45) is 5.64. The van der Waals surface area contributed by atoms with Gasteiger partial charge in [-0.25, -0.2) is 9.78 Å². The minimum atomic E-state index is -1.11. The molecule has 0 aliphatic rings. The van der Waals surface area contributed by atoms with Gasteiger partial charge in [-0.2, -0.15) is 5.26 Å². The second kappa shape index (κ2) is 3.82. The highest BCUT2D eigenvalue weighted by molar-refractivity contribution is 5.85. The lowest BCUT2D eigenvalue weighted by molar-refractivity contribution is 0.0691. The zero-order chi connectivity index (χ0) is 11.5. The van der Waals surface area contributed by atoms with E-state index in [0.717, 1.165) is 0 Å². The molecule has 0 unspecified atom stereocenters. The number of carbonyl (C=O) groups is 1. The van der Waals surface area contributed by atoms with Crippen molar-refractivity contribution in [2.24, 2.45) is 0 Å². The maximum Gasteiger partial charge on any atom is 0.356 e. The summed E-state index contributed by atoms with van der Waals surface area (Å²) in [5.41, 5.74) is 0.835. The summed E-state index contributed by atoms with van der Waals surface area (Å²) in [7, 11) is 0. The van der Waals surface area contributed by atoms with E-state index in [1.807, 2.05) is 6.07 Å². The maximum absolute atomic E-state index is 10.6. The molecule has 0 fully saturated rings. The zero-order valence-corrected chi connectivity index (χ0v) is 8.03. The van der Waals surface area contributed by atoms with Gasteiger partial charge in [-0.15, -0.1) is 0 Å². The van der Waals surface area contributed by atoms with E-state index < -0.39 is 5.97 Å². The summed E-state index contributed by atoms with van der Waals surface area (Å²) in [5.74, 6) is -1.11. The number of imidazole rings is 1. The molecule has 0 spiro atoms. The third-order valence-corrected chi connectivity index (χ3v) is 2.00. The predicted octanol–water partition coefficient (Wildman–Crippen LogP) is 0.837. The molecule has 6 nitrogen and oxygen atoms in total. The van der Waals surface area contributed by atoms with Crippen LogP contribution in [0.1, 0.15) is 16.1 Å². The van der Waals surface area contributed by atoms with Crippen LogP contribution in [0, 0.1) is 11.3 Å². The van der Waals surface area contributed by atoms with Crippen molar-refractivity contribution < 1.29 is 9.90 Å². The Hall–Kier alpha value is -2.68. The second-order valence-electron chi connectivity index (χ2n) is 2.98. The Balaban J connectivity index is 2.51. The molecule has 0 aliphatic heterocycles. The summed E-state index contributed by atoms with van der Waals surface area (Å²) < 4.78 is 1.45. The van der Waals surface area contributed by atoms with Gasteiger partial charge in [0.1, 0.15) is 12.4 Å². The summed E-state index contributed by atoms with van der Waals surface area (Å²) >= 11 is 0. The van der Waals surface area contributed by atoms with E-state index in [2.05, 4.69) is 9.97 Å². The van der Waals surface area contributed by atoms with E-state index >= 15 is 0 Å². The summed E-state index contributed by atoms with van der Waals surface area (Å²) in [4.78, 5) is 18.2. The number of pyridine rings is 1. The quantitative estimate of drug-likeness (QED) is 0.799. The molecule has 0 saturated carbocycles. The smallest absolute Gasteiger partial charge is 0.356 e. The van der Waals surface area contributed by atoms with Crippen molar-refractivity contribution in [1.29, 1.82) is 5.26 Å². The summed E-state index contributed by atoms with van der Waals surface area (Å²) in [5, 5.41) is 17.6. The van der Waals surface area contributed by atoms with Crippen LogP contribution in [0.5, 0.6) is 0 Å². The minimum Gasteiger partial charge on any atom is -0.476 e. The molecule has 2 aromatic rings. The molecule has 0 aliphatic carbocycles. The third-order valence-electron chi connectivity index (χ3n) is 2.00. The van der Waals surface area contributed by atoms with Gasteiger partial charge in [0.05, 0.1) is 17.4 Å². The number of nitriles is 1. The van der Waals surface area contributed by atoms with Crippen molar-refractivity contribution in [1.82, 2.24) is 14.5 Å². The number of rotatable bonds is 2. The van der Waals surface area contributed by atoms with Crippen LogP contribution < -0.4 is 0 Å². The van der Waals surface area contributed by atoms with Gasteiger partial charge in [0, 0.05) is 12.4 Å². The molecular weight excluding hydrogens is 208 g/mol. The fourth-order valence-corrected chi connectivity index (χ4v) is 1.25. The van der Waals surface area contributed by atoms with Crippen LogP contribution in [0.15, 0.2) is 31.0 Å². The number of aromatic nitrogens is 3. The molecule has 2 rings (SSSR count). The molecule has 2 aromatic heterocycles. The Kier molecular flexibility index (Phi) is 2.36. The van der Waals surface area contributed by atoms with Crippen molar-refractivity contribution >= 4 is 5.97 Å². The Morgan fingerprint density at radius 1 is 1.56 bits per heavy atom. The summed E-state index contributed by atoms with van der Waals surface area (Å²) in [6, 6.07) is 3.55. The topological polar surface area (TPSA) is 91.8 Å². The second-order valence-corrected chi connectivity index (χ2v) is 2.98. The van der Waals surface area contributed by atoms with Gasteiger partial charge in [0.2, 0.25) is 0 Å². The normalized spacial score (nSPS) is 9.69. The minimum absolute atomic E-state index is 0.0762. The first-order chi connectivity index (χ1) is 7.72. The highest BCUT2D eigenvalue weighted by Crippen LogP contribution is 2.12. The van der Waals surface area contributed by atoms with Crippen LogP contribution in [0.2, 0.25) is 0 Å². The van der Waals surface area contributed by atoms with E-state index in [0.29, 0.717) is 11.3 Å². The highest BCUT2D eigenvalue weighted by Gasteiger charge is 2.09. The first-order valence-corrected chi connectivity index (χ1v) is 4.34. The number of aromatic carboxylic acids is 1. The Morgan fingerprint density at radius 3 is 3.00 bits per heavy atom. The lowest BCUT2D eigenvalue weighted by Crippen LogP contribution is -1.97. The van der Waals surface area contributed by atoms with Gasteiger partial charge in [-0.1, -0.05) is 0 Å². The van der Waals surface area contributed by atoms with Gasteiger partial charge in [0.15, 0.2) is 5.69 Å². The lowest BCUT2D eigenvalue weighted by Gasteiger charge is -2.01. The van der Waals surface area contributed by atoms with Crippen LogP contribution in [0.25, 0.3) is 5.69 Å². The molecule has 0 amide bonds. The van der Waals surface area contributed by atoms with Gasteiger partial charge < -0.3 is 9.67 Å². The van der Waals surface area contributed by atoms with Gasteiger partial charge in [0.25, 0.3) is 0 Å². The van der Waals surface area contributed by atoms with Gasteiger partial charge in [-0.05, 0) is 6.07 Å². The van der Waals surface area contributed by atoms with Crippen LogP contribution in [0.3, 0.4) is 0 Å². The number of carboxylic acids is 1. The molecular formula is C10H6N4O2. The number of carboxylic acid groups (broad SMARTS) is 1. The van der Waals surface area contributed by atoms with Gasteiger partial charge in [-0.3, -0.25) is 4.98 Å². The van der Waals surface area contributed by atoms with E-state index in [1.54, 1.807) is 6.07 Å². The Bertz CT molecular complexity index is 583. The van der Waals surface area contributed by atoms with Crippen LogP contribution in [0.4, 0.5) is 0 Å². The van der Waals surface area contributed by atoms with E-state index in [9.17, 15) is 4.79 Å². The molecule has 2 heterocycles. The summed E-state index contributed by atoms with van der Waals surface area (Å²) in [6.45, 7) is 0. The Labute approximate surface area is 90.4 Å². The number of nitrogens with zero attached hydrogens (tertiary/aromatic N) is 4. The molecule has 0 atom stereocenters.